The van der Waals surface area contributed by atoms with Gasteiger partial charge < -0.3 is 4.74 Å². The molecule has 3 nitrogen and oxygen atoms in total. The van der Waals surface area contributed by atoms with Crippen LogP contribution < -0.4 is 4.74 Å². The third-order valence-corrected chi connectivity index (χ3v) is 9.65. The predicted octanol–water partition coefficient (Wildman–Crippen LogP) is 6.02. The summed E-state index contributed by atoms with van der Waals surface area (Å²) in [7, 11) is 0. The first-order chi connectivity index (χ1) is 14.7. The quantitative estimate of drug-likeness (QED) is 0.389. The Hall–Kier alpha value is -1.94. The summed E-state index contributed by atoms with van der Waals surface area (Å²) in [5.41, 5.74) is 3.25. The number of carbonyl (C=O) groups excluding carboxylic acids is 2. The van der Waals surface area contributed by atoms with Crippen molar-refractivity contribution in [2.45, 2.75) is 65.7 Å². The van der Waals surface area contributed by atoms with E-state index in [0.29, 0.717) is 12.2 Å². The van der Waals surface area contributed by atoms with E-state index in [9.17, 15) is 9.59 Å². The van der Waals surface area contributed by atoms with Gasteiger partial charge in [0, 0.05) is 16.3 Å². The Morgan fingerprint density at radius 1 is 0.903 bits per heavy atom. The van der Waals surface area contributed by atoms with Gasteiger partial charge in [-0.1, -0.05) is 61.0 Å². The molecule has 31 heavy (non-hydrogen) atoms. The molecule has 6 aliphatic carbocycles. The molecule has 0 unspecified atom stereocenters. The van der Waals surface area contributed by atoms with Crippen molar-refractivity contribution >= 4 is 27.7 Å². The summed E-state index contributed by atoms with van der Waals surface area (Å²) < 4.78 is 7.32. The molecule has 2 aromatic rings. The van der Waals surface area contributed by atoms with Gasteiger partial charge in [0.25, 0.3) is 0 Å². The van der Waals surface area contributed by atoms with Crippen molar-refractivity contribution in [3.8, 4) is 5.75 Å². The number of hydrogen-bond acceptors (Lipinski definition) is 3. The maximum atomic E-state index is 13.6. The summed E-state index contributed by atoms with van der Waals surface area (Å²) in [5.74, 6) is 0.665. The van der Waals surface area contributed by atoms with Gasteiger partial charge in [-0.25, -0.2) is 0 Å². The summed E-state index contributed by atoms with van der Waals surface area (Å²) in [6.07, 6.45) is 5.31. The van der Waals surface area contributed by atoms with Gasteiger partial charge in [-0.3, -0.25) is 9.59 Å². The van der Waals surface area contributed by atoms with Crippen LogP contribution in [0.15, 0.2) is 40.9 Å². The molecule has 0 heterocycles. The van der Waals surface area contributed by atoms with E-state index in [4.69, 9.17) is 4.74 Å². The fraction of sp³-hybridized carbons (Fsp3) is 0.481. The highest BCUT2D eigenvalue weighted by molar-refractivity contribution is 9.10. The number of esters is 1. The average molecular weight is 481 g/mol. The third kappa shape index (κ3) is 2.97. The molecule has 2 fully saturated rings. The van der Waals surface area contributed by atoms with Crippen molar-refractivity contribution in [3.63, 3.8) is 0 Å². The molecule has 4 heteroatoms. The average Bonchev–Trinajstić information content (AvgIpc) is 3.01. The lowest BCUT2D eigenvalue weighted by molar-refractivity contribution is -0.151. The molecule has 162 valence electrons. The smallest absolute Gasteiger partial charge is 0.318 e. The Labute approximate surface area is 192 Å². The lowest BCUT2D eigenvalue weighted by atomic mass is 9.65. The van der Waals surface area contributed by atoms with Crippen LogP contribution in [0.4, 0.5) is 0 Å². The van der Waals surface area contributed by atoms with Gasteiger partial charge in [0.05, 0.1) is 5.41 Å². The molecule has 0 spiro atoms. The highest BCUT2D eigenvalue weighted by Crippen LogP contribution is 2.70. The molecule has 0 saturated heterocycles. The Morgan fingerprint density at radius 3 is 2.16 bits per heavy atom. The van der Waals surface area contributed by atoms with Crippen molar-refractivity contribution < 1.29 is 14.3 Å². The first-order valence-corrected chi connectivity index (χ1v) is 12.1. The van der Waals surface area contributed by atoms with Crippen LogP contribution in [0.1, 0.15) is 62.3 Å². The van der Waals surface area contributed by atoms with E-state index in [1.54, 1.807) is 0 Å². The number of ketones is 1. The zero-order valence-electron chi connectivity index (χ0n) is 18.5. The standard InChI is InChI=1S/C27H29BrO3/c1-25(2)26(3)12-13-27(25,16-23(26)29)24(30)31-22-15-18-5-4-17-6-8-19(21(28)14-17)10-11-20(22)9-7-18/h6-9,14-15H,4-5,10-13,16H2,1-3H3/t26-,27+/m0/s1. The van der Waals surface area contributed by atoms with E-state index in [2.05, 4.69) is 60.1 Å². The van der Waals surface area contributed by atoms with Gasteiger partial charge in [-0.15, -0.1) is 0 Å². The van der Waals surface area contributed by atoms with Crippen LogP contribution in [-0.2, 0) is 35.3 Å². The molecule has 2 aromatic carbocycles. The zero-order valence-corrected chi connectivity index (χ0v) is 20.1. The maximum Gasteiger partial charge on any atom is 0.318 e. The van der Waals surface area contributed by atoms with E-state index in [1.165, 1.54) is 16.7 Å². The second-order valence-corrected chi connectivity index (χ2v) is 11.3. The van der Waals surface area contributed by atoms with Gasteiger partial charge in [-0.05, 0) is 78.3 Å². The summed E-state index contributed by atoms with van der Waals surface area (Å²) in [5, 5.41) is 0. The molecular formula is C27H29BrO3. The summed E-state index contributed by atoms with van der Waals surface area (Å²) in [4.78, 5) is 26.4. The highest BCUT2D eigenvalue weighted by Gasteiger charge is 2.73. The Bertz CT molecular complexity index is 1100. The van der Waals surface area contributed by atoms with Crippen LogP contribution >= 0.6 is 15.9 Å². The minimum Gasteiger partial charge on any atom is -0.426 e. The van der Waals surface area contributed by atoms with Crippen LogP contribution in [-0.4, -0.2) is 11.8 Å². The van der Waals surface area contributed by atoms with E-state index >= 15 is 0 Å². The van der Waals surface area contributed by atoms with Crippen LogP contribution in [0.5, 0.6) is 5.75 Å². The number of aryl methyl sites for hydroxylation is 4. The SMILES string of the molecule is CC1(C)[C@]2(C(=O)Oc3cc4ccc3CCc3ccc(cc3Br)CC4)CC[C@@]1(C)C(=O)C2. The largest absolute Gasteiger partial charge is 0.426 e. The molecule has 8 rings (SSSR count). The molecule has 2 saturated carbocycles. The summed E-state index contributed by atoms with van der Waals surface area (Å²) in [6.45, 7) is 6.19. The maximum absolute atomic E-state index is 13.6. The van der Waals surface area contributed by atoms with Crippen molar-refractivity contribution in [1.82, 2.24) is 0 Å². The van der Waals surface area contributed by atoms with Crippen molar-refractivity contribution in [1.29, 1.82) is 0 Å². The molecule has 0 aromatic heterocycles. The fourth-order valence-corrected chi connectivity index (χ4v) is 6.70. The Morgan fingerprint density at radius 2 is 1.55 bits per heavy atom. The van der Waals surface area contributed by atoms with E-state index in [-0.39, 0.29) is 11.8 Å². The minimum atomic E-state index is -0.713. The van der Waals surface area contributed by atoms with Gasteiger partial charge in [0.1, 0.15) is 11.5 Å². The topological polar surface area (TPSA) is 43.4 Å². The molecule has 6 bridgehead atoms. The number of Topliss-reactive ketones (excluding diaryl/α,β-unsaturated/α-hetero) is 1. The predicted molar refractivity (Wildman–Crippen MR) is 124 cm³/mol. The van der Waals surface area contributed by atoms with Crippen LogP contribution in [0, 0.1) is 16.2 Å². The Balaban J connectivity index is 1.48. The monoisotopic (exact) mass is 480 g/mol. The summed E-state index contributed by atoms with van der Waals surface area (Å²) in [6, 6.07) is 12.9. The molecule has 6 aliphatic rings. The van der Waals surface area contributed by atoms with Gasteiger partial charge in [0.2, 0.25) is 0 Å². The van der Waals surface area contributed by atoms with E-state index < -0.39 is 16.2 Å². The van der Waals surface area contributed by atoms with E-state index in [0.717, 1.165) is 48.6 Å². The molecule has 0 N–H and O–H groups in total. The first kappa shape index (κ1) is 20.9. The number of rotatable bonds is 2. The fourth-order valence-electron chi connectivity index (χ4n) is 6.07. The Kier molecular flexibility index (Phi) is 4.75. The summed E-state index contributed by atoms with van der Waals surface area (Å²) >= 11 is 3.72. The first-order valence-electron chi connectivity index (χ1n) is 11.3. The second kappa shape index (κ2) is 7.03. The zero-order chi connectivity index (χ0) is 22.0. The normalized spacial score (nSPS) is 28.5. The number of benzene rings is 2. The van der Waals surface area contributed by atoms with Crippen LogP contribution in [0.2, 0.25) is 0 Å². The van der Waals surface area contributed by atoms with E-state index in [1.807, 2.05) is 13.0 Å². The third-order valence-electron chi connectivity index (χ3n) is 8.91. The molecule has 0 aliphatic heterocycles. The number of fused-ring (bicyclic) bond motifs is 2. The highest BCUT2D eigenvalue weighted by atomic mass is 79.9. The molecule has 0 radical (unpaired) electrons. The van der Waals surface area contributed by atoms with Crippen molar-refractivity contribution in [2.75, 3.05) is 0 Å². The number of halogens is 1. The van der Waals surface area contributed by atoms with Crippen LogP contribution in [0.3, 0.4) is 0 Å². The van der Waals surface area contributed by atoms with Crippen molar-refractivity contribution in [2.24, 2.45) is 16.2 Å². The lowest BCUT2D eigenvalue weighted by Gasteiger charge is -2.38. The number of ether oxygens (including phenoxy) is 1. The number of hydrogen-bond donors (Lipinski definition) is 0. The second-order valence-electron chi connectivity index (χ2n) is 10.4. The molecular weight excluding hydrogens is 452 g/mol. The van der Waals surface area contributed by atoms with Gasteiger partial charge in [-0.2, -0.15) is 0 Å². The van der Waals surface area contributed by atoms with Crippen LogP contribution in [0.25, 0.3) is 0 Å². The minimum absolute atomic E-state index is 0.213. The van der Waals surface area contributed by atoms with Gasteiger partial charge >= 0.3 is 5.97 Å². The molecule has 2 atom stereocenters. The lowest BCUT2D eigenvalue weighted by Crippen LogP contribution is -2.42. The number of carbonyl (C=O) groups is 2. The van der Waals surface area contributed by atoms with Crippen molar-refractivity contribution in [3.05, 3.63) is 63.1 Å². The van der Waals surface area contributed by atoms with Gasteiger partial charge in [0.15, 0.2) is 0 Å². The molecule has 0 amide bonds.